The number of unbranched alkanes of at least 4 members (excludes halogenated alkanes) is 4. The summed E-state index contributed by atoms with van der Waals surface area (Å²) < 4.78 is 32.4. The van der Waals surface area contributed by atoms with Crippen LogP contribution in [-0.4, -0.2) is 59.9 Å². The molecule has 0 fully saturated rings. The van der Waals surface area contributed by atoms with Crippen LogP contribution in [0.5, 0.6) is 0 Å². The zero-order valence-electron chi connectivity index (χ0n) is 32.3. The quantitative estimate of drug-likeness (QED) is 0.0191. The van der Waals surface area contributed by atoms with E-state index in [1.54, 1.807) is 0 Å². The molecule has 2 unspecified atom stereocenters. The van der Waals surface area contributed by atoms with Gasteiger partial charge in [0.05, 0.1) is 13.2 Å². The summed E-state index contributed by atoms with van der Waals surface area (Å²) in [6, 6.07) is -1.54. The summed E-state index contributed by atoms with van der Waals surface area (Å²) in [6.45, 7) is 2.40. The summed E-state index contributed by atoms with van der Waals surface area (Å²) in [6.07, 6.45) is 46.0. The molecule has 54 heavy (non-hydrogen) atoms. The van der Waals surface area contributed by atoms with Crippen LogP contribution in [-0.2, 0) is 37.5 Å². The van der Waals surface area contributed by atoms with Crippen LogP contribution in [0.25, 0.3) is 0 Å². The van der Waals surface area contributed by atoms with Gasteiger partial charge in [0.2, 0.25) is 0 Å². The van der Waals surface area contributed by atoms with E-state index in [0.717, 1.165) is 57.8 Å². The Morgan fingerprint density at radius 2 is 1.09 bits per heavy atom. The summed E-state index contributed by atoms with van der Waals surface area (Å²) in [7, 11) is -4.74. The topological polar surface area (TPSA) is 172 Å². The predicted molar refractivity (Wildman–Crippen MR) is 216 cm³/mol. The number of hydrogen-bond donors (Lipinski definition) is 3. The molecule has 0 spiro atoms. The molecule has 0 radical (unpaired) electrons. The van der Waals surface area contributed by atoms with E-state index in [1.165, 1.54) is 0 Å². The van der Waals surface area contributed by atoms with E-state index in [-0.39, 0.29) is 12.8 Å². The number of carbonyl (C=O) groups is 3. The van der Waals surface area contributed by atoms with Gasteiger partial charge in [-0.2, -0.15) is 0 Å². The van der Waals surface area contributed by atoms with E-state index in [2.05, 4.69) is 73.1 Å². The van der Waals surface area contributed by atoms with Crippen molar-refractivity contribution in [1.82, 2.24) is 0 Å². The average Bonchev–Trinajstić information content (AvgIpc) is 3.14. The van der Waals surface area contributed by atoms with Crippen molar-refractivity contribution >= 4 is 25.7 Å². The van der Waals surface area contributed by atoms with Crippen LogP contribution < -0.4 is 5.73 Å². The summed E-state index contributed by atoms with van der Waals surface area (Å²) >= 11 is 0. The van der Waals surface area contributed by atoms with Crippen LogP contribution in [0.4, 0.5) is 0 Å². The van der Waals surface area contributed by atoms with E-state index < -0.39 is 57.7 Å². The highest BCUT2D eigenvalue weighted by molar-refractivity contribution is 7.47. The SMILES string of the molecule is CC/C=C/C=C/C=C/C=C/CCCCCC(=O)OC(COC(=O)CCC/C=C/C/C=C/C/C=C/C/C=C/C/C=C/CC)COP(=O)(O)OC[C@H](N)C(=O)O. The van der Waals surface area contributed by atoms with Crippen molar-refractivity contribution in [1.29, 1.82) is 0 Å². The van der Waals surface area contributed by atoms with Gasteiger partial charge in [-0.25, -0.2) is 4.57 Å². The predicted octanol–water partition coefficient (Wildman–Crippen LogP) is 9.49. The van der Waals surface area contributed by atoms with E-state index in [0.29, 0.717) is 19.3 Å². The molecule has 4 N–H and O–H groups in total. The van der Waals surface area contributed by atoms with Gasteiger partial charge < -0.3 is 25.2 Å². The molecule has 11 nitrogen and oxygen atoms in total. The number of phosphoric acid groups is 1. The average molecular weight is 774 g/mol. The Labute approximate surface area is 323 Å². The Morgan fingerprint density at radius 1 is 0.593 bits per heavy atom. The minimum Gasteiger partial charge on any atom is -0.480 e. The van der Waals surface area contributed by atoms with Crippen molar-refractivity contribution in [3.63, 3.8) is 0 Å². The maximum Gasteiger partial charge on any atom is 0.472 e. The second-order valence-electron chi connectivity index (χ2n) is 12.0. The van der Waals surface area contributed by atoms with Gasteiger partial charge in [0.1, 0.15) is 12.6 Å². The summed E-state index contributed by atoms with van der Waals surface area (Å²) in [4.78, 5) is 45.7. The number of carboxylic acid groups (broad SMARTS) is 1. The fourth-order valence-corrected chi connectivity index (χ4v) is 4.94. The smallest absolute Gasteiger partial charge is 0.472 e. The van der Waals surface area contributed by atoms with Crippen LogP contribution >= 0.6 is 7.82 Å². The second kappa shape index (κ2) is 36.1. The number of carbonyl (C=O) groups excluding carboxylic acids is 2. The fourth-order valence-electron chi connectivity index (χ4n) is 4.17. The molecular formula is C42H64NO10P. The Morgan fingerprint density at radius 3 is 1.69 bits per heavy atom. The van der Waals surface area contributed by atoms with Gasteiger partial charge in [-0.1, -0.05) is 130 Å². The van der Waals surface area contributed by atoms with Crippen molar-refractivity contribution in [3.8, 4) is 0 Å². The molecule has 0 rings (SSSR count). The van der Waals surface area contributed by atoms with Gasteiger partial charge >= 0.3 is 25.7 Å². The first-order valence-electron chi connectivity index (χ1n) is 19.0. The molecule has 0 saturated heterocycles. The lowest BCUT2D eigenvalue weighted by molar-refractivity contribution is -0.161. The third-order valence-electron chi connectivity index (χ3n) is 7.11. The van der Waals surface area contributed by atoms with Crippen LogP contribution in [0.3, 0.4) is 0 Å². The molecule has 0 heterocycles. The van der Waals surface area contributed by atoms with E-state index in [4.69, 9.17) is 24.8 Å². The Kier molecular flexibility index (Phi) is 33.6. The van der Waals surface area contributed by atoms with Gasteiger partial charge in [-0.05, 0) is 70.6 Å². The third kappa shape index (κ3) is 35.2. The molecule has 0 aliphatic rings. The highest BCUT2D eigenvalue weighted by atomic mass is 31.2. The van der Waals surface area contributed by atoms with Crippen LogP contribution in [0, 0.1) is 0 Å². The van der Waals surface area contributed by atoms with Crippen LogP contribution in [0.1, 0.15) is 104 Å². The summed E-state index contributed by atoms with van der Waals surface area (Å²) in [5.41, 5.74) is 5.31. The molecule has 0 saturated carbocycles. The molecule has 0 bridgehead atoms. The van der Waals surface area contributed by atoms with E-state index >= 15 is 0 Å². The molecular weight excluding hydrogens is 709 g/mol. The van der Waals surface area contributed by atoms with Gasteiger partial charge in [0, 0.05) is 12.8 Å². The van der Waals surface area contributed by atoms with Crippen LogP contribution in [0.2, 0.25) is 0 Å². The molecule has 0 aliphatic carbocycles. The first-order chi connectivity index (χ1) is 26.1. The first kappa shape index (κ1) is 50.1. The van der Waals surface area contributed by atoms with E-state index in [1.807, 2.05) is 54.7 Å². The molecule has 0 aromatic heterocycles. The second-order valence-corrected chi connectivity index (χ2v) is 13.5. The number of ether oxygens (including phenoxy) is 2. The Hall–Kier alpha value is -3.86. The third-order valence-corrected chi connectivity index (χ3v) is 8.06. The minimum atomic E-state index is -4.74. The summed E-state index contributed by atoms with van der Waals surface area (Å²) in [5.74, 6) is -2.53. The molecule has 0 aliphatic heterocycles. The lowest BCUT2D eigenvalue weighted by atomic mass is 10.1. The number of carboxylic acids is 1. The van der Waals surface area contributed by atoms with E-state index in [9.17, 15) is 23.8 Å². The lowest BCUT2D eigenvalue weighted by Gasteiger charge is -2.20. The standard InChI is InChI=1S/C42H64NO10P/c1-3-5-7-9-11-13-15-17-18-19-20-22-23-25-27-29-31-33-40(44)50-35-38(36-51-54(48,49)52-37-39(43)42(46)47)53-41(45)34-32-30-28-26-24-21-16-14-12-10-8-6-4-2/h5-8,10-14,16-18,20-22,24-25,27,38-39H,3-4,9,15,19,23,26,28-37,43H2,1-2H3,(H,46,47)(H,48,49)/b7-5+,8-6+,12-10+,13-11+,16-14+,18-17+,22-20+,24-21+,27-25+/t38?,39-/m0/s1. The highest BCUT2D eigenvalue weighted by Gasteiger charge is 2.28. The van der Waals surface area contributed by atoms with Crippen molar-refractivity contribution in [2.45, 2.75) is 116 Å². The molecule has 0 amide bonds. The highest BCUT2D eigenvalue weighted by Crippen LogP contribution is 2.43. The van der Waals surface area contributed by atoms with Crippen molar-refractivity contribution in [3.05, 3.63) is 109 Å². The summed E-state index contributed by atoms with van der Waals surface area (Å²) in [5, 5.41) is 8.86. The molecule has 12 heteroatoms. The molecule has 0 aromatic rings. The number of hydrogen-bond acceptors (Lipinski definition) is 9. The van der Waals surface area contributed by atoms with Gasteiger partial charge in [0.15, 0.2) is 6.10 Å². The minimum absolute atomic E-state index is 0.0954. The van der Waals surface area contributed by atoms with Crippen molar-refractivity contribution in [2.24, 2.45) is 5.73 Å². The van der Waals surface area contributed by atoms with Gasteiger partial charge in [-0.15, -0.1) is 0 Å². The maximum absolute atomic E-state index is 12.5. The Bertz CT molecular complexity index is 1330. The Balaban J connectivity index is 4.63. The van der Waals surface area contributed by atoms with Gasteiger partial charge in [0.25, 0.3) is 0 Å². The number of rotatable bonds is 33. The number of allylic oxidation sites excluding steroid dienone is 18. The maximum atomic E-state index is 12.5. The van der Waals surface area contributed by atoms with Crippen molar-refractivity contribution < 1.29 is 47.5 Å². The van der Waals surface area contributed by atoms with Crippen molar-refractivity contribution in [2.75, 3.05) is 19.8 Å². The number of nitrogens with two attached hydrogens (primary N) is 1. The van der Waals surface area contributed by atoms with Gasteiger partial charge in [-0.3, -0.25) is 23.4 Å². The lowest BCUT2D eigenvalue weighted by Crippen LogP contribution is -2.34. The fraction of sp³-hybridized carbons (Fsp3) is 0.500. The normalized spacial score (nSPS) is 15.0. The zero-order valence-corrected chi connectivity index (χ0v) is 33.1. The molecule has 0 aromatic carbocycles. The molecule has 302 valence electrons. The number of esters is 2. The number of aliphatic carboxylic acids is 1. The first-order valence-corrected chi connectivity index (χ1v) is 20.5. The number of phosphoric ester groups is 1. The zero-order chi connectivity index (χ0) is 40.0. The molecule has 3 atom stereocenters. The monoisotopic (exact) mass is 773 g/mol. The van der Waals surface area contributed by atoms with Crippen LogP contribution in [0.15, 0.2) is 109 Å². The largest absolute Gasteiger partial charge is 0.480 e.